The SMILES string of the molecule is CCOC(=O)N1CCN(C(=O)c2ccc(-n3cccn3)nn2)CC1. The number of hydrogen-bond donors (Lipinski definition) is 0. The maximum atomic E-state index is 12.5. The summed E-state index contributed by atoms with van der Waals surface area (Å²) in [6, 6.07) is 5.11. The molecule has 2 aromatic rings. The molecule has 0 aromatic carbocycles. The number of ether oxygens (including phenoxy) is 1. The van der Waals surface area contributed by atoms with Crippen LogP contribution in [0.3, 0.4) is 0 Å². The van der Waals surface area contributed by atoms with Crippen molar-refractivity contribution >= 4 is 12.0 Å². The zero-order chi connectivity index (χ0) is 16.9. The number of piperazine rings is 1. The Hall–Kier alpha value is -2.97. The minimum atomic E-state index is -0.340. The summed E-state index contributed by atoms with van der Waals surface area (Å²) in [6.45, 7) is 3.90. The fourth-order valence-electron chi connectivity index (χ4n) is 2.43. The van der Waals surface area contributed by atoms with Crippen molar-refractivity contribution in [3.8, 4) is 5.82 Å². The summed E-state index contributed by atoms with van der Waals surface area (Å²) in [7, 11) is 0. The summed E-state index contributed by atoms with van der Waals surface area (Å²) >= 11 is 0. The molecule has 9 nitrogen and oxygen atoms in total. The van der Waals surface area contributed by atoms with Gasteiger partial charge in [0.15, 0.2) is 11.5 Å². The third kappa shape index (κ3) is 3.34. The minimum absolute atomic E-state index is 0.196. The molecule has 0 aliphatic carbocycles. The molecule has 0 bridgehead atoms. The molecule has 0 unspecified atom stereocenters. The Morgan fingerprint density at radius 3 is 2.46 bits per heavy atom. The first-order valence-electron chi connectivity index (χ1n) is 7.73. The number of rotatable bonds is 3. The molecule has 0 radical (unpaired) electrons. The first-order valence-corrected chi connectivity index (χ1v) is 7.73. The average Bonchev–Trinajstić information content (AvgIpc) is 3.16. The van der Waals surface area contributed by atoms with E-state index in [0.29, 0.717) is 38.6 Å². The maximum Gasteiger partial charge on any atom is 0.409 e. The molecule has 1 aliphatic rings. The number of carbonyl (C=O) groups excluding carboxylic acids is 2. The van der Waals surface area contributed by atoms with E-state index in [4.69, 9.17) is 4.74 Å². The predicted octanol–water partition coefficient (Wildman–Crippen LogP) is 0.577. The van der Waals surface area contributed by atoms with E-state index in [1.165, 1.54) is 0 Å². The van der Waals surface area contributed by atoms with Gasteiger partial charge in [0.05, 0.1) is 6.61 Å². The van der Waals surface area contributed by atoms with Gasteiger partial charge >= 0.3 is 6.09 Å². The van der Waals surface area contributed by atoms with Crippen molar-refractivity contribution in [1.29, 1.82) is 0 Å². The van der Waals surface area contributed by atoms with Gasteiger partial charge in [-0.3, -0.25) is 4.79 Å². The lowest BCUT2D eigenvalue weighted by molar-refractivity contribution is 0.0565. The van der Waals surface area contributed by atoms with Crippen LogP contribution in [0.15, 0.2) is 30.6 Å². The lowest BCUT2D eigenvalue weighted by atomic mass is 10.2. The van der Waals surface area contributed by atoms with Crippen LogP contribution in [0, 0.1) is 0 Å². The minimum Gasteiger partial charge on any atom is -0.450 e. The Morgan fingerprint density at radius 2 is 1.88 bits per heavy atom. The van der Waals surface area contributed by atoms with Gasteiger partial charge in [0.25, 0.3) is 5.91 Å². The van der Waals surface area contributed by atoms with Crippen molar-refractivity contribution in [2.45, 2.75) is 6.92 Å². The van der Waals surface area contributed by atoms with Crippen molar-refractivity contribution < 1.29 is 14.3 Å². The van der Waals surface area contributed by atoms with E-state index >= 15 is 0 Å². The van der Waals surface area contributed by atoms with Crippen LogP contribution in [0.1, 0.15) is 17.4 Å². The zero-order valence-electron chi connectivity index (χ0n) is 13.3. The van der Waals surface area contributed by atoms with Gasteiger partial charge in [0.2, 0.25) is 0 Å². The molecular formula is C15H18N6O3. The largest absolute Gasteiger partial charge is 0.450 e. The highest BCUT2D eigenvalue weighted by atomic mass is 16.6. The van der Waals surface area contributed by atoms with Crippen molar-refractivity contribution in [1.82, 2.24) is 29.8 Å². The number of amides is 2. The molecule has 3 heterocycles. The first-order chi connectivity index (χ1) is 11.7. The summed E-state index contributed by atoms with van der Waals surface area (Å²) in [5, 5.41) is 12.1. The molecule has 1 saturated heterocycles. The van der Waals surface area contributed by atoms with Gasteiger partial charge in [-0.2, -0.15) is 5.10 Å². The summed E-state index contributed by atoms with van der Waals surface area (Å²) in [5.74, 6) is 0.349. The van der Waals surface area contributed by atoms with Gasteiger partial charge in [-0.15, -0.1) is 10.2 Å². The molecule has 0 atom stereocenters. The Kier molecular flexibility index (Phi) is 4.69. The fourth-order valence-corrected chi connectivity index (χ4v) is 2.43. The number of nitrogens with zero attached hydrogens (tertiary/aromatic N) is 6. The monoisotopic (exact) mass is 330 g/mol. The molecule has 0 N–H and O–H groups in total. The van der Waals surface area contributed by atoms with Crippen molar-refractivity contribution in [2.75, 3.05) is 32.8 Å². The van der Waals surface area contributed by atoms with E-state index in [1.54, 1.807) is 52.0 Å². The van der Waals surface area contributed by atoms with Crippen LogP contribution in [0.5, 0.6) is 0 Å². The third-order valence-corrected chi connectivity index (χ3v) is 3.70. The third-order valence-electron chi connectivity index (χ3n) is 3.70. The predicted molar refractivity (Wildman–Crippen MR) is 83.7 cm³/mol. The maximum absolute atomic E-state index is 12.5. The molecule has 1 aliphatic heterocycles. The van der Waals surface area contributed by atoms with Crippen LogP contribution in [0.4, 0.5) is 4.79 Å². The number of hydrogen-bond acceptors (Lipinski definition) is 6. The lowest BCUT2D eigenvalue weighted by Gasteiger charge is -2.33. The van der Waals surface area contributed by atoms with Crippen LogP contribution < -0.4 is 0 Å². The second kappa shape index (κ2) is 7.07. The second-order valence-electron chi connectivity index (χ2n) is 5.21. The second-order valence-corrected chi connectivity index (χ2v) is 5.21. The Morgan fingerprint density at radius 1 is 1.12 bits per heavy atom. The Bertz CT molecular complexity index is 693. The highest BCUT2D eigenvalue weighted by molar-refractivity contribution is 5.92. The van der Waals surface area contributed by atoms with Crippen LogP contribution in [-0.2, 0) is 4.74 Å². The van der Waals surface area contributed by atoms with Crippen LogP contribution in [-0.4, -0.2) is 74.6 Å². The molecule has 2 amide bonds. The van der Waals surface area contributed by atoms with E-state index in [9.17, 15) is 9.59 Å². The Balaban J connectivity index is 1.60. The van der Waals surface area contributed by atoms with E-state index < -0.39 is 0 Å². The molecule has 126 valence electrons. The van der Waals surface area contributed by atoms with E-state index in [2.05, 4.69) is 15.3 Å². The summed E-state index contributed by atoms with van der Waals surface area (Å²) in [4.78, 5) is 27.4. The smallest absolute Gasteiger partial charge is 0.409 e. The Labute approximate surface area is 138 Å². The summed E-state index contributed by atoms with van der Waals surface area (Å²) in [5.41, 5.74) is 0.274. The van der Waals surface area contributed by atoms with Gasteiger partial charge in [0.1, 0.15) is 0 Å². The van der Waals surface area contributed by atoms with Gasteiger partial charge in [-0.05, 0) is 25.1 Å². The topological polar surface area (TPSA) is 93.5 Å². The fraction of sp³-hybridized carbons (Fsp3) is 0.400. The molecular weight excluding hydrogens is 312 g/mol. The molecule has 3 rings (SSSR count). The average molecular weight is 330 g/mol. The number of aromatic nitrogens is 4. The zero-order valence-corrected chi connectivity index (χ0v) is 13.3. The van der Waals surface area contributed by atoms with E-state index in [0.717, 1.165) is 0 Å². The van der Waals surface area contributed by atoms with E-state index in [-0.39, 0.29) is 17.7 Å². The van der Waals surface area contributed by atoms with Gasteiger partial charge in [-0.1, -0.05) is 0 Å². The lowest BCUT2D eigenvalue weighted by Crippen LogP contribution is -2.50. The van der Waals surface area contributed by atoms with Crippen molar-refractivity contribution in [2.24, 2.45) is 0 Å². The van der Waals surface area contributed by atoms with Crippen LogP contribution in [0.2, 0.25) is 0 Å². The normalized spacial score (nSPS) is 14.5. The summed E-state index contributed by atoms with van der Waals surface area (Å²) < 4.78 is 6.53. The highest BCUT2D eigenvalue weighted by Crippen LogP contribution is 2.09. The van der Waals surface area contributed by atoms with Crippen LogP contribution >= 0.6 is 0 Å². The first kappa shape index (κ1) is 15.9. The van der Waals surface area contributed by atoms with Gasteiger partial charge in [0, 0.05) is 38.6 Å². The number of carbonyl (C=O) groups is 2. The standard InChI is InChI=1S/C15H18N6O3/c1-2-24-15(23)20-10-8-19(9-11-20)14(22)12-4-5-13(18-17-12)21-7-3-6-16-21/h3-7H,2,8-11H2,1H3. The van der Waals surface area contributed by atoms with E-state index in [1.807, 2.05) is 0 Å². The molecule has 0 saturated carbocycles. The van der Waals surface area contributed by atoms with Crippen LogP contribution in [0.25, 0.3) is 5.82 Å². The van der Waals surface area contributed by atoms with Crippen molar-refractivity contribution in [3.05, 3.63) is 36.3 Å². The molecule has 24 heavy (non-hydrogen) atoms. The van der Waals surface area contributed by atoms with Gasteiger partial charge in [-0.25, -0.2) is 9.48 Å². The van der Waals surface area contributed by atoms with Gasteiger partial charge < -0.3 is 14.5 Å². The molecule has 0 spiro atoms. The molecule has 1 fully saturated rings. The molecule has 2 aromatic heterocycles. The quantitative estimate of drug-likeness (QED) is 0.817. The molecule has 9 heteroatoms. The van der Waals surface area contributed by atoms with Crippen molar-refractivity contribution in [3.63, 3.8) is 0 Å². The summed E-state index contributed by atoms with van der Waals surface area (Å²) in [6.07, 6.45) is 3.05. The highest BCUT2D eigenvalue weighted by Gasteiger charge is 2.26.